The maximum atomic E-state index is 11.2. The number of nitrogens with zero attached hydrogens (tertiary/aromatic N) is 2. The number of para-hydroxylation sites is 1. The standard InChI is InChI=1S/C13H16N4O/c14-12(18)17-7-5-13(6-8-17)10-3-1-2-4-11(10)15-9-16-13/h1-4,9H,5-8H2,(H2,14,18)(H,15,16). The molecule has 5 heteroatoms. The molecule has 0 atom stereocenters. The number of amides is 2. The van der Waals surface area contributed by atoms with E-state index in [1.807, 2.05) is 12.1 Å². The van der Waals surface area contributed by atoms with Crippen molar-refractivity contribution in [3.05, 3.63) is 29.8 Å². The molecule has 2 aliphatic rings. The molecule has 1 aromatic carbocycles. The molecule has 1 saturated heterocycles. The predicted octanol–water partition coefficient (Wildman–Crippen LogP) is 1.51. The van der Waals surface area contributed by atoms with E-state index < -0.39 is 0 Å². The summed E-state index contributed by atoms with van der Waals surface area (Å²) in [6.45, 7) is 1.34. The number of primary amides is 1. The van der Waals surface area contributed by atoms with E-state index in [4.69, 9.17) is 5.73 Å². The van der Waals surface area contributed by atoms with Crippen LogP contribution in [0.3, 0.4) is 0 Å². The van der Waals surface area contributed by atoms with E-state index in [1.54, 1.807) is 11.2 Å². The second kappa shape index (κ2) is 4.01. The number of likely N-dealkylation sites (tertiary alicyclic amines) is 1. The Labute approximate surface area is 106 Å². The van der Waals surface area contributed by atoms with Gasteiger partial charge in [0.05, 0.1) is 11.9 Å². The van der Waals surface area contributed by atoms with Crippen LogP contribution in [0, 0.1) is 0 Å². The molecule has 2 heterocycles. The number of rotatable bonds is 0. The largest absolute Gasteiger partial charge is 0.351 e. The van der Waals surface area contributed by atoms with Gasteiger partial charge in [0, 0.05) is 24.3 Å². The molecule has 0 unspecified atom stereocenters. The van der Waals surface area contributed by atoms with Crippen LogP contribution in [0.4, 0.5) is 10.5 Å². The molecule has 94 valence electrons. The van der Waals surface area contributed by atoms with Crippen molar-refractivity contribution in [2.45, 2.75) is 18.4 Å². The molecule has 1 spiro atoms. The molecule has 3 N–H and O–H groups in total. The molecule has 18 heavy (non-hydrogen) atoms. The van der Waals surface area contributed by atoms with Crippen molar-refractivity contribution < 1.29 is 4.79 Å². The van der Waals surface area contributed by atoms with Crippen LogP contribution < -0.4 is 11.1 Å². The van der Waals surface area contributed by atoms with E-state index in [1.165, 1.54) is 5.56 Å². The number of fused-ring (bicyclic) bond motifs is 2. The minimum atomic E-state index is -0.337. The van der Waals surface area contributed by atoms with Gasteiger partial charge in [0.2, 0.25) is 0 Å². The average Bonchev–Trinajstić information content (AvgIpc) is 2.40. The van der Waals surface area contributed by atoms with Gasteiger partial charge in [0.25, 0.3) is 0 Å². The number of nitrogens with one attached hydrogen (secondary N) is 1. The molecule has 2 aliphatic heterocycles. The first kappa shape index (κ1) is 11.1. The van der Waals surface area contributed by atoms with Gasteiger partial charge < -0.3 is 16.0 Å². The number of carbonyl (C=O) groups is 1. The van der Waals surface area contributed by atoms with Crippen molar-refractivity contribution in [1.82, 2.24) is 4.90 Å². The minimum Gasteiger partial charge on any atom is -0.351 e. The Morgan fingerprint density at radius 3 is 2.78 bits per heavy atom. The second-order valence-corrected chi connectivity index (χ2v) is 4.80. The van der Waals surface area contributed by atoms with E-state index in [0.717, 1.165) is 18.5 Å². The second-order valence-electron chi connectivity index (χ2n) is 4.80. The van der Waals surface area contributed by atoms with Crippen LogP contribution in [0.15, 0.2) is 29.3 Å². The number of piperidine rings is 1. The molecule has 0 radical (unpaired) electrons. The lowest BCUT2D eigenvalue weighted by atomic mass is 9.80. The van der Waals surface area contributed by atoms with Crippen LogP contribution >= 0.6 is 0 Å². The fraction of sp³-hybridized carbons (Fsp3) is 0.385. The number of anilines is 1. The number of hydrogen-bond acceptors (Lipinski definition) is 3. The Hall–Kier alpha value is -2.04. The van der Waals surface area contributed by atoms with E-state index in [0.29, 0.717) is 13.1 Å². The summed E-state index contributed by atoms with van der Waals surface area (Å²) in [4.78, 5) is 17.5. The highest BCUT2D eigenvalue weighted by Crippen LogP contribution is 2.41. The van der Waals surface area contributed by atoms with E-state index in [9.17, 15) is 4.79 Å². The zero-order valence-electron chi connectivity index (χ0n) is 10.1. The van der Waals surface area contributed by atoms with Crippen molar-refractivity contribution in [2.75, 3.05) is 18.4 Å². The summed E-state index contributed by atoms with van der Waals surface area (Å²) in [6, 6.07) is 7.87. The zero-order chi connectivity index (χ0) is 12.6. The Bertz CT molecular complexity index is 503. The molecule has 0 bridgehead atoms. The maximum Gasteiger partial charge on any atom is 0.314 e. The highest BCUT2D eigenvalue weighted by molar-refractivity contribution is 5.81. The smallest absolute Gasteiger partial charge is 0.314 e. The summed E-state index contributed by atoms with van der Waals surface area (Å²) >= 11 is 0. The fourth-order valence-corrected chi connectivity index (χ4v) is 2.81. The van der Waals surface area contributed by atoms with Gasteiger partial charge in [-0.3, -0.25) is 4.99 Å². The van der Waals surface area contributed by atoms with Crippen LogP contribution in [0.2, 0.25) is 0 Å². The molecule has 0 aromatic heterocycles. The van der Waals surface area contributed by atoms with Crippen LogP contribution in [0.1, 0.15) is 18.4 Å². The Kier molecular flexibility index (Phi) is 2.47. The molecule has 0 saturated carbocycles. The molecule has 5 nitrogen and oxygen atoms in total. The first-order valence-electron chi connectivity index (χ1n) is 6.15. The van der Waals surface area contributed by atoms with Crippen LogP contribution in [0.25, 0.3) is 0 Å². The third kappa shape index (κ3) is 1.63. The van der Waals surface area contributed by atoms with Crippen molar-refractivity contribution in [2.24, 2.45) is 10.7 Å². The summed E-state index contributed by atoms with van der Waals surface area (Å²) < 4.78 is 0. The minimum absolute atomic E-state index is 0.187. The first-order valence-corrected chi connectivity index (χ1v) is 6.15. The Morgan fingerprint density at radius 2 is 2.06 bits per heavy atom. The summed E-state index contributed by atoms with van der Waals surface area (Å²) in [5, 5.41) is 3.17. The molecule has 3 rings (SSSR count). The van der Waals surface area contributed by atoms with Gasteiger partial charge in [-0.1, -0.05) is 18.2 Å². The Balaban J connectivity index is 1.90. The first-order chi connectivity index (χ1) is 8.71. The Morgan fingerprint density at radius 1 is 1.33 bits per heavy atom. The number of benzene rings is 1. The highest BCUT2D eigenvalue weighted by atomic mass is 16.2. The summed E-state index contributed by atoms with van der Waals surface area (Å²) in [7, 11) is 0. The molecule has 1 fully saturated rings. The average molecular weight is 244 g/mol. The van der Waals surface area contributed by atoms with Crippen molar-refractivity contribution in [1.29, 1.82) is 0 Å². The summed E-state index contributed by atoms with van der Waals surface area (Å²) in [5.74, 6) is 0. The molecule has 2 amide bonds. The van der Waals surface area contributed by atoms with Gasteiger partial charge in [-0.15, -0.1) is 0 Å². The molecular formula is C13H16N4O. The van der Waals surface area contributed by atoms with Gasteiger partial charge in [-0.2, -0.15) is 0 Å². The fourth-order valence-electron chi connectivity index (χ4n) is 2.81. The van der Waals surface area contributed by atoms with Crippen LogP contribution in [-0.4, -0.2) is 30.4 Å². The number of urea groups is 1. The van der Waals surface area contributed by atoms with E-state index in [-0.39, 0.29) is 11.6 Å². The monoisotopic (exact) mass is 244 g/mol. The lowest BCUT2D eigenvalue weighted by molar-refractivity contribution is 0.167. The van der Waals surface area contributed by atoms with Gasteiger partial charge in [0.1, 0.15) is 0 Å². The van der Waals surface area contributed by atoms with Crippen molar-refractivity contribution in [3.8, 4) is 0 Å². The van der Waals surface area contributed by atoms with Crippen molar-refractivity contribution >= 4 is 18.1 Å². The topological polar surface area (TPSA) is 70.7 Å². The van der Waals surface area contributed by atoms with Gasteiger partial charge in [0.15, 0.2) is 0 Å². The third-order valence-electron chi connectivity index (χ3n) is 3.86. The zero-order valence-corrected chi connectivity index (χ0v) is 10.1. The molecular weight excluding hydrogens is 228 g/mol. The van der Waals surface area contributed by atoms with Crippen LogP contribution in [-0.2, 0) is 5.54 Å². The van der Waals surface area contributed by atoms with Crippen LogP contribution in [0.5, 0.6) is 0 Å². The molecule has 0 aliphatic carbocycles. The lowest BCUT2D eigenvalue weighted by Crippen LogP contribution is -2.47. The SMILES string of the molecule is NC(=O)N1CCC2(CC1)N=CNc1ccccc12. The predicted molar refractivity (Wildman–Crippen MR) is 70.6 cm³/mol. The highest BCUT2D eigenvalue weighted by Gasteiger charge is 2.39. The van der Waals surface area contributed by atoms with Crippen molar-refractivity contribution in [3.63, 3.8) is 0 Å². The third-order valence-corrected chi connectivity index (χ3v) is 3.86. The lowest BCUT2D eigenvalue weighted by Gasteiger charge is -2.41. The number of carbonyl (C=O) groups excluding carboxylic acids is 1. The maximum absolute atomic E-state index is 11.2. The summed E-state index contributed by atoms with van der Waals surface area (Å²) in [5.41, 5.74) is 7.46. The quantitative estimate of drug-likeness (QED) is 0.726. The normalized spacial score (nSPS) is 20.3. The summed E-state index contributed by atoms with van der Waals surface area (Å²) in [6.07, 6.45) is 3.42. The van der Waals surface area contributed by atoms with Gasteiger partial charge in [-0.25, -0.2) is 4.79 Å². The van der Waals surface area contributed by atoms with E-state index in [2.05, 4.69) is 22.4 Å². The number of hydrogen-bond donors (Lipinski definition) is 2. The number of nitrogens with two attached hydrogens (primary N) is 1. The molecule has 1 aromatic rings. The van der Waals surface area contributed by atoms with E-state index >= 15 is 0 Å². The van der Waals surface area contributed by atoms with Gasteiger partial charge in [-0.05, 0) is 18.9 Å². The van der Waals surface area contributed by atoms with Gasteiger partial charge >= 0.3 is 6.03 Å². The number of aliphatic imine (C=N–C) groups is 1.